The van der Waals surface area contributed by atoms with E-state index in [9.17, 15) is 0 Å². The predicted molar refractivity (Wildman–Crippen MR) is 90.9 cm³/mol. The SMILES string of the molecule is CNC1CCC(C)CC1CN1c2ccccc2CCC1C. The zero-order valence-electron chi connectivity index (χ0n) is 13.8. The number of hydrogen-bond acceptors (Lipinski definition) is 2. The lowest BCUT2D eigenvalue weighted by molar-refractivity contribution is 0.220. The summed E-state index contributed by atoms with van der Waals surface area (Å²) in [7, 11) is 2.14. The van der Waals surface area contributed by atoms with Crippen molar-refractivity contribution < 1.29 is 0 Å². The molecule has 0 amide bonds. The minimum absolute atomic E-state index is 0.676. The lowest BCUT2D eigenvalue weighted by Crippen LogP contribution is -2.48. The molecule has 0 saturated heterocycles. The first-order valence-electron chi connectivity index (χ1n) is 8.71. The van der Waals surface area contributed by atoms with Crippen molar-refractivity contribution in [3.05, 3.63) is 29.8 Å². The van der Waals surface area contributed by atoms with Crippen LogP contribution in [0, 0.1) is 11.8 Å². The van der Waals surface area contributed by atoms with Gasteiger partial charge in [-0.05, 0) is 69.5 Å². The number of benzene rings is 1. The maximum absolute atomic E-state index is 3.58. The highest BCUT2D eigenvalue weighted by atomic mass is 15.2. The number of para-hydroxylation sites is 1. The summed E-state index contributed by atoms with van der Waals surface area (Å²) in [6.45, 7) is 6.04. The van der Waals surface area contributed by atoms with Crippen molar-refractivity contribution in [3.63, 3.8) is 0 Å². The Balaban J connectivity index is 1.79. The summed E-state index contributed by atoms with van der Waals surface area (Å²) in [6, 6.07) is 10.4. The van der Waals surface area contributed by atoms with E-state index >= 15 is 0 Å². The summed E-state index contributed by atoms with van der Waals surface area (Å²) >= 11 is 0. The molecular formula is C19H30N2. The van der Waals surface area contributed by atoms with E-state index in [2.05, 4.69) is 55.4 Å². The fraction of sp³-hybridized carbons (Fsp3) is 0.684. The van der Waals surface area contributed by atoms with E-state index in [1.165, 1.54) is 44.3 Å². The maximum atomic E-state index is 3.58. The second-order valence-corrected chi connectivity index (χ2v) is 7.24. The third-order valence-electron chi connectivity index (χ3n) is 5.71. The third kappa shape index (κ3) is 3.11. The summed E-state index contributed by atoms with van der Waals surface area (Å²) < 4.78 is 0. The van der Waals surface area contributed by atoms with E-state index in [-0.39, 0.29) is 0 Å². The number of rotatable bonds is 3. The van der Waals surface area contributed by atoms with Gasteiger partial charge in [0.1, 0.15) is 0 Å². The van der Waals surface area contributed by atoms with Crippen LogP contribution in [0.2, 0.25) is 0 Å². The molecule has 1 aliphatic heterocycles. The first kappa shape index (κ1) is 14.9. The normalized spacial score (nSPS) is 32.8. The molecule has 2 aliphatic rings. The van der Waals surface area contributed by atoms with Gasteiger partial charge in [0.15, 0.2) is 0 Å². The molecule has 0 aromatic heterocycles. The lowest BCUT2D eigenvalue weighted by Gasteiger charge is -2.43. The molecule has 1 fully saturated rings. The van der Waals surface area contributed by atoms with E-state index < -0.39 is 0 Å². The molecule has 1 N–H and O–H groups in total. The van der Waals surface area contributed by atoms with Crippen molar-refractivity contribution in [2.75, 3.05) is 18.5 Å². The molecule has 1 aromatic rings. The van der Waals surface area contributed by atoms with Crippen molar-refractivity contribution in [2.45, 2.75) is 58.0 Å². The number of anilines is 1. The Morgan fingerprint density at radius 1 is 1.14 bits per heavy atom. The predicted octanol–water partition coefficient (Wildman–Crippen LogP) is 3.85. The Hall–Kier alpha value is -1.02. The van der Waals surface area contributed by atoms with Crippen molar-refractivity contribution in [3.8, 4) is 0 Å². The van der Waals surface area contributed by atoms with Gasteiger partial charge in [0.05, 0.1) is 0 Å². The highest BCUT2D eigenvalue weighted by Crippen LogP contribution is 2.35. The molecule has 4 unspecified atom stereocenters. The largest absolute Gasteiger partial charge is 0.368 e. The van der Waals surface area contributed by atoms with Gasteiger partial charge in [-0.2, -0.15) is 0 Å². The first-order valence-corrected chi connectivity index (χ1v) is 8.71. The zero-order chi connectivity index (χ0) is 14.8. The van der Waals surface area contributed by atoms with Crippen LogP contribution in [0.15, 0.2) is 24.3 Å². The van der Waals surface area contributed by atoms with E-state index in [0.717, 1.165) is 11.8 Å². The van der Waals surface area contributed by atoms with Gasteiger partial charge in [0, 0.05) is 24.3 Å². The van der Waals surface area contributed by atoms with Crippen molar-refractivity contribution in [2.24, 2.45) is 11.8 Å². The van der Waals surface area contributed by atoms with Crippen LogP contribution in [0.3, 0.4) is 0 Å². The van der Waals surface area contributed by atoms with Crippen molar-refractivity contribution >= 4 is 5.69 Å². The monoisotopic (exact) mass is 286 g/mol. The molecule has 0 radical (unpaired) electrons. The maximum Gasteiger partial charge on any atom is 0.0401 e. The summed E-state index contributed by atoms with van der Waals surface area (Å²) in [6.07, 6.45) is 6.63. The third-order valence-corrected chi connectivity index (χ3v) is 5.71. The van der Waals surface area contributed by atoms with Crippen LogP contribution >= 0.6 is 0 Å². The fourth-order valence-electron chi connectivity index (χ4n) is 4.37. The van der Waals surface area contributed by atoms with Gasteiger partial charge in [0.2, 0.25) is 0 Å². The number of nitrogens with zero attached hydrogens (tertiary/aromatic N) is 1. The minimum Gasteiger partial charge on any atom is -0.368 e. The van der Waals surface area contributed by atoms with Crippen LogP contribution in [0.5, 0.6) is 0 Å². The van der Waals surface area contributed by atoms with Crippen LogP contribution < -0.4 is 10.2 Å². The molecular weight excluding hydrogens is 256 g/mol. The van der Waals surface area contributed by atoms with Gasteiger partial charge < -0.3 is 10.2 Å². The highest BCUT2D eigenvalue weighted by Gasteiger charge is 2.32. The molecule has 116 valence electrons. The topological polar surface area (TPSA) is 15.3 Å². The summed E-state index contributed by atoms with van der Waals surface area (Å²) in [5.41, 5.74) is 3.03. The number of hydrogen-bond donors (Lipinski definition) is 1. The van der Waals surface area contributed by atoms with Crippen LogP contribution in [0.4, 0.5) is 5.69 Å². The second-order valence-electron chi connectivity index (χ2n) is 7.24. The van der Waals surface area contributed by atoms with E-state index in [1.807, 2.05) is 0 Å². The standard InChI is InChI=1S/C19H30N2/c1-14-8-11-18(20-3)17(12-14)13-21-15(2)9-10-16-6-4-5-7-19(16)21/h4-7,14-15,17-18,20H,8-13H2,1-3H3. The highest BCUT2D eigenvalue weighted by molar-refractivity contribution is 5.56. The quantitative estimate of drug-likeness (QED) is 0.908. The molecule has 2 heteroatoms. The molecule has 1 aromatic carbocycles. The Morgan fingerprint density at radius 2 is 1.95 bits per heavy atom. The van der Waals surface area contributed by atoms with Gasteiger partial charge in [-0.1, -0.05) is 25.1 Å². The second kappa shape index (κ2) is 6.39. The van der Waals surface area contributed by atoms with E-state index in [4.69, 9.17) is 0 Å². The van der Waals surface area contributed by atoms with Crippen molar-refractivity contribution in [1.29, 1.82) is 0 Å². The van der Waals surface area contributed by atoms with Crippen LogP contribution in [0.25, 0.3) is 0 Å². The van der Waals surface area contributed by atoms with Gasteiger partial charge in [-0.3, -0.25) is 0 Å². The smallest absolute Gasteiger partial charge is 0.0401 e. The molecule has 1 heterocycles. The first-order chi connectivity index (χ1) is 10.2. The van der Waals surface area contributed by atoms with Crippen molar-refractivity contribution in [1.82, 2.24) is 5.32 Å². The lowest BCUT2D eigenvalue weighted by atomic mass is 9.78. The van der Waals surface area contributed by atoms with Crippen LogP contribution in [-0.4, -0.2) is 25.7 Å². The molecule has 3 rings (SSSR count). The average Bonchev–Trinajstić information content (AvgIpc) is 2.50. The average molecular weight is 286 g/mol. The Bertz CT molecular complexity index is 470. The number of fused-ring (bicyclic) bond motifs is 1. The number of aryl methyl sites for hydroxylation is 1. The minimum atomic E-state index is 0.676. The summed E-state index contributed by atoms with van der Waals surface area (Å²) in [5, 5.41) is 3.58. The molecule has 0 bridgehead atoms. The van der Waals surface area contributed by atoms with Crippen LogP contribution in [0.1, 0.15) is 45.1 Å². The van der Waals surface area contributed by atoms with Gasteiger partial charge in [-0.15, -0.1) is 0 Å². The number of nitrogens with one attached hydrogen (secondary N) is 1. The van der Waals surface area contributed by atoms with Gasteiger partial charge in [-0.25, -0.2) is 0 Å². The van der Waals surface area contributed by atoms with E-state index in [1.54, 1.807) is 5.56 Å². The Labute approximate surface area is 129 Å². The van der Waals surface area contributed by atoms with Gasteiger partial charge >= 0.3 is 0 Å². The van der Waals surface area contributed by atoms with E-state index in [0.29, 0.717) is 12.1 Å². The Kier molecular flexibility index (Phi) is 4.54. The molecule has 1 saturated carbocycles. The molecule has 0 spiro atoms. The molecule has 21 heavy (non-hydrogen) atoms. The summed E-state index contributed by atoms with van der Waals surface area (Å²) in [5.74, 6) is 1.67. The fourth-order valence-corrected chi connectivity index (χ4v) is 4.37. The molecule has 2 nitrogen and oxygen atoms in total. The van der Waals surface area contributed by atoms with Gasteiger partial charge in [0.25, 0.3) is 0 Å². The Morgan fingerprint density at radius 3 is 2.76 bits per heavy atom. The van der Waals surface area contributed by atoms with Crippen LogP contribution in [-0.2, 0) is 6.42 Å². The zero-order valence-corrected chi connectivity index (χ0v) is 13.8. The molecule has 4 atom stereocenters. The molecule has 1 aliphatic carbocycles. The summed E-state index contributed by atoms with van der Waals surface area (Å²) in [4.78, 5) is 2.69.